The summed E-state index contributed by atoms with van der Waals surface area (Å²) >= 11 is 0. The Hall–Kier alpha value is -2.05. The number of fused-ring (bicyclic) bond motifs is 1. The maximum atomic E-state index is 11.7. The first-order valence-electron chi connectivity index (χ1n) is 7.80. The highest BCUT2D eigenvalue weighted by molar-refractivity contribution is 5.85. The monoisotopic (exact) mass is 319 g/mol. The maximum absolute atomic E-state index is 11.7. The van der Waals surface area contributed by atoms with Gasteiger partial charge in [-0.2, -0.15) is 0 Å². The van der Waals surface area contributed by atoms with Crippen LogP contribution in [0.25, 0.3) is 10.9 Å². The molecule has 0 aliphatic heterocycles. The highest BCUT2D eigenvalue weighted by atomic mass is 16.5. The number of carbonyl (C=O) groups is 1. The van der Waals surface area contributed by atoms with Gasteiger partial charge in [0.1, 0.15) is 18.5 Å². The second-order valence-electron chi connectivity index (χ2n) is 6.08. The van der Waals surface area contributed by atoms with Crippen LogP contribution in [0.1, 0.15) is 13.8 Å². The largest absolute Gasteiger partial charge is 0.490 e. The van der Waals surface area contributed by atoms with E-state index < -0.39 is 6.10 Å². The van der Waals surface area contributed by atoms with Crippen molar-refractivity contribution in [3.8, 4) is 5.75 Å². The Bertz CT molecular complexity index is 639. The molecule has 6 heteroatoms. The number of hydrogen-bond donors (Lipinski definition) is 3. The van der Waals surface area contributed by atoms with Crippen molar-refractivity contribution in [1.29, 1.82) is 0 Å². The Morgan fingerprint density at radius 1 is 1.39 bits per heavy atom. The van der Waals surface area contributed by atoms with Gasteiger partial charge in [0.15, 0.2) is 0 Å². The SMILES string of the molecule is CC(C)NC(=O)CN(C)CC(O)COc1cccc2[nH]ccc12. The van der Waals surface area contributed by atoms with Gasteiger partial charge in [-0.1, -0.05) is 6.07 Å². The van der Waals surface area contributed by atoms with Crippen LogP contribution in [0.5, 0.6) is 5.75 Å². The maximum Gasteiger partial charge on any atom is 0.234 e. The molecular formula is C17H25N3O3. The van der Waals surface area contributed by atoms with Crippen LogP contribution in [0.15, 0.2) is 30.5 Å². The molecular weight excluding hydrogens is 294 g/mol. The lowest BCUT2D eigenvalue weighted by atomic mass is 10.2. The molecule has 1 unspecified atom stereocenters. The van der Waals surface area contributed by atoms with Gasteiger partial charge in [0, 0.05) is 29.7 Å². The number of carbonyl (C=O) groups excluding carboxylic acids is 1. The molecule has 0 fully saturated rings. The number of H-pyrrole nitrogens is 1. The average Bonchev–Trinajstić information content (AvgIpc) is 2.92. The number of ether oxygens (including phenoxy) is 1. The first-order chi connectivity index (χ1) is 11.0. The van der Waals surface area contributed by atoms with Crippen LogP contribution in [-0.2, 0) is 4.79 Å². The van der Waals surface area contributed by atoms with Gasteiger partial charge in [-0.15, -0.1) is 0 Å². The summed E-state index contributed by atoms with van der Waals surface area (Å²) in [6.45, 7) is 4.64. The number of amides is 1. The third kappa shape index (κ3) is 5.26. The molecule has 23 heavy (non-hydrogen) atoms. The van der Waals surface area contributed by atoms with Crippen LogP contribution in [0.2, 0.25) is 0 Å². The van der Waals surface area contributed by atoms with Gasteiger partial charge >= 0.3 is 0 Å². The minimum absolute atomic E-state index is 0.0484. The Morgan fingerprint density at radius 2 is 2.17 bits per heavy atom. The van der Waals surface area contributed by atoms with Gasteiger partial charge in [-0.3, -0.25) is 9.69 Å². The van der Waals surface area contributed by atoms with E-state index in [4.69, 9.17) is 4.74 Å². The summed E-state index contributed by atoms with van der Waals surface area (Å²) in [5, 5.41) is 13.9. The van der Waals surface area contributed by atoms with E-state index in [0.29, 0.717) is 6.54 Å². The standard InChI is InChI=1S/C17H25N3O3/c1-12(2)19-17(22)10-20(3)9-13(21)11-23-16-6-4-5-15-14(16)7-8-18-15/h4-8,12-13,18,21H,9-11H2,1-3H3,(H,19,22). The number of rotatable bonds is 8. The normalized spacial score (nSPS) is 12.8. The van der Waals surface area contributed by atoms with Crippen LogP contribution in [-0.4, -0.2) is 59.8 Å². The topological polar surface area (TPSA) is 77.6 Å². The lowest BCUT2D eigenvalue weighted by Crippen LogP contribution is -2.42. The van der Waals surface area contributed by atoms with Gasteiger partial charge < -0.3 is 20.1 Å². The van der Waals surface area contributed by atoms with E-state index in [0.717, 1.165) is 16.7 Å². The molecule has 1 heterocycles. The van der Waals surface area contributed by atoms with Gasteiger partial charge in [0.2, 0.25) is 5.91 Å². The number of aliphatic hydroxyl groups is 1. The zero-order valence-corrected chi connectivity index (χ0v) is 13.9. The number of nitrogens with one attached hydrogen (secondary N) is 2. The zero-order chi connectivity index (χ0) is 16.8. The van der Waals surface area contributed by atoms with Crippen molar-refractivity contribution in [2.45, 2.75) is 26.0 Å². The molecule has 1 aromatic heterocycles. The number of aliphatic hydroxyl groups excluding tert-OH is 1. The number of nitrogens with zero attached hydrogens (tertiary/aromatic N) is 1. The lowest BCUT2D eigenvalue weighted by Gasteiger charge is -2.21. The molecule has 2 aromatic rings. The average molecular weight is 319 g/mol. The summed E-state index contributed by atoms with van der Waals surface area (Å²) in [6.07, 6.45) is 1.19. The van der Waals surface area contributed by atoms with Gasteiger partial charge in [-0.05, 0) is 39.1 Å². The number of aromatic amines is 1. The van der Waals surface area contributed by atoms with Gasteiger partial charge in [0.05, 0.1) is 6.54 Å². The van der Waals surface area contributed by atoms with Crippen molar-refractivity contribution in [2.75, 3.05) is 26.7 Å². The van der Waals surface area contributed by atoms with E-state index >= 15 is 0 Å². The van der Waals surface area contributed by atoms with Crippen molar-refractivity contribution >= 4 is 16.8 Å². The van der Waals surface area contributed by atoms with E-state index in [-0.39, 0.29) is 25.1 Å². The minimum Gasteiger partial charge on any atom is -0.490 e. The lowest BCUT2D eigenvalue weighted by molar-refractivity contribution is -0.122. The molecule has 126 valence electrons. The van der Waals surface area contributed by atoms with Crippen molar-refractivity contribution in [2.24, 2.45) is 0 Å². The number of aromatic nitrogens is 1. The molecule has 0 bridgehead atoms. The Morgan fingerprint density at radius 3 is 2.91 bits per heavy atom. The third-order valence-corrected chi connectivity index (χ3v) is 3.37. The molecule has 0 radical (unpaired) electrons. The molecule has 1 aromatic carbocycles. The Labute approximate surface area is 136 Å². The molecule has 0 spiro atoms. The van der Waals surface area contributed by atoms with E-state index in [1.165, 1.54) is 0 Å². The van der Waals surface area contributed by atoms with Crippen molar-refractivity contribution in [3.05, 3.63) is 30.5 Å². The predicted molar refractivity (Wildman–Crippen MR) is 90.6 cm³/mol. The molecule has 1 atom stereocenters. The summed E-state index contributed by atoms with van der Waals surface area (Å²) in [7, 11) is 1.80. The fraction of sp³-hybridized carbons (Fsp3) is 0.471. The summed E-state index contributed by atoms with van der Waals surface area (Å²) in [5.41, 5.74) is 1.000. The fourth-order valence-electron chi connectivity index (χ4n) is 2.46. The van der Waals surface area contributed by atoms with Gasteiger partial charge in [-0.25, -0.2) is 0 Å². The molecule has 2 rings (SSSR count). The first kappa shape index (κ1) is 17.3. The number of likely N-dealkylation sites (N-methyl/N-ethyl adjacent to an activating group) is 1. The number of hydrogen-bond acceptors (Lipinski definition) is 4. The first-order valence-corrected chi connectivity index (χ1v) is 7.80. The summed E-state index contributed by atoms with van der Waals surface area (Å²) in [6, 6.07) is 7.82. The van der Waals surface area contributed by atoms with E-state index in [9.17, 15) is 9.90 Å². The van der Waals surface area contributed by atoms with Crippen molar-refractivity contribution in [3.63, 3.8) is 0 Å². The van der Waals surface area contributed by atoms with Crippen LogP contribution in [0.3, 0.4) is 0 Å². The molecule has 1 amide bonds. The fourth-order valence-corrected chi connectivity index (χ4v) is 2.46. The Kier molecular flexibility index (Phi) is 6.01. The molecule has 0 aliphatic carbocycles. The Balaban J connectivity index is 1.79. The predicted octanol–water partition coefficient (Wildman–Crippen LogP) is 1.36. The molecule has 0 saturated carbocycles. The smallest absolute Gasteiger partial charge is 0.234 e. The van der Waals surface area contributed by atoms with Crippen LogP contribution >= 0.6 is 0 Å². The molecule has 0 saturated heterocycles. The summed E-state index contributed by atoms with van der Waals surface area (Å²) in [5.74, 6) is 0.690. The van der Waals surface area contributed by atoms with E-state index in [2.05, 4.69) is 10.3 Å². The van der Waals surface area contributed by atoms with Crippen molar-refractivity contribution < 1.29 is 14.6 Å². The van der Waals surface area contributed by atoms with Crippen LogP contribution < -0.4 is 10.1 Å². The molecule has 6 nitrogen and oxygen atoms in total. The van der Waals surface area contributed by atoms with Crippen molar-refractivity contribution in [1.82, 2.24) is 15.2 Å². The van der Waals surface area contributed by atoms with E-state index in [1.54, 1.807) is 11.9 Å². The second kappa shape index (κ2) is 7.99. The summed E-state index contributed by atoms with van der Waals surface area (Å²) < 4.78 is 5.71. The second-order valence-corrected chi connectivity index (χ2v) is 6.08. The van der Waals surface area contributed by atoms with Gasteiger partial charge in [0.25, 0.3) is 0 Å². The van der Waals surface area contributed by atoms with Crippen LogP contribution in [0.4, 0.5) is 0 Å². The zero-order valence-electron chi connectivity index (χ0n) is 13.9. The quantitative estimate of drug-likeness (QED) is 0.687. The number of benzene rings is 1. The molecule has 0 aliphatic rings. The minimum atomic E-state index is -0.666. The van der Waals surface area contributed by atoms with Crippen LogP contribution in [0, 0.1) is 0 Å². The van der Waals surface area contributed by atoms with E-state index in [1.807, 2.05) is 44.3 Å². The highest BCUT2D eigenvalue weighted by Gasteiger charge is 2.13. The third-order valence-electron chi connectivity index (χ3n) is 3.37. The molecule has 3 N–H and O–H groups in total. The highest BCUT2D eigenvalue weighted by Crippen LogP contribution is 2.24. The summed E-state index contributed by atoms with van der Waals surface area (Å²) in [4.78, 5) is 16.6.